The van der Waals surface area contributed by atoms with Crippen molar-refractivity contribution in [3.63, 3.8) is 0 Å². The molecule has 1 N–H and O–H groups in total. The fourth-order valence-electron chi connectivity index (χ4n) is 4.51. The number of rotatable bonds is 6. The number of hydrogen-bond acceptors (Lipinski definition) is 7. The first-order valence-electron chi connectivity index (χ1n) is 11.9. The van der Waals surface area contributed by atoms with E-state index in [0.717, 1.165) is 37.9 Å². The number of halogens is 1. The van der Waals surface area contributed by atoms with Crippen LogP contribution >= 0.6 is 11.6 Å². The quantitative estimate of drug-likeness (QED) is 0.262. The van der Waals surface area contributed by atoms with Crippen molar-refractivity contribution in [3.05, 3.63) is 74.8 Å². The molecule has 0 unspecified atom stereocenters. The summed E-state index contributed by atoms with van der Waals surface area (Å²) >= 11 is 6.24. The van der Waals surface area contributed by atoms with Crippen LogP contribution in [0.25, 0.3) is 16.7 Å². The van der Waals surface area contributed by atoms with Crippen LogP contribution in [0.4, 0.5) is 17.1 Å². The third kappa shape index (κ3) is 4.92. The number of anilines is 2. The fourth-order valence-corrected chi connectivity index (χ4v) is 4.76. The summed E-state index contributed by atoms with van der Waals surface area (Å²) < 4.78 is 5.20. The summed E-state index contributed by atoms with van der Waals surface area (Å²) in [6.07, 6.45) is 3.12. The minimum atomic E-state index is -0.440. The predicted octanol–water partition coefficient (Wildman–Crippen LogP) is 5.54. The molecule has 1 aliphatic heterocycles. The number of carbonyl (C=O) groups excluding carboxylic acids is 1. The first-order chi connectivity index (χ1) is 17.8. The third-order valence-electron chi connectivity index (χ3n) is 6.47. The second-order valence-electron chi connectivity index (χ2n) is 8.93. The zero-order valence-electron chi connectivity index (χ0n) is 20.4. The van der Waals surface area contributed by atoms with Crippen molar-refractivity contribution >= 4 is 45.6 Å². The molecule has 0 aliphatic carbocycles. The largest absolute Gasteiger partial charge is 0.495 e. The van der Waals surface area contributed by atoms with Crippen LogP contribution in [0.3, 0.4) is 0 Å². The molecule has 5 rings (SSSR count). The average molecular weight is 521 g/mol. The van der Waals surface area contributed by atoms with Crippen molar-refractivity contribution < 1.29 is 14.5 Å². The summed E-state index contributed by atoms with van der Waals surface area (Å²) in [5, 5.41) is 24.1. The molecule has 2 heterocycles. The smallest absolute Gasteiger partial charge is 0.293 e. The Bertz CT molecular complexity index is 1510. The Balaban J connectivity index is 1.41. The highest BCUT2D eigenvalue weighted by atomic mass is 35.5. The first-order valence-corrected chi connectivity index (χ1v) is 12.3. The van der Waals surface area contributed by atoms with Gasteiger partial charge in [0.2, 0.25) is 0 Å². The lowest BCUT2D eigenvalue weighted by atomic mass is 10.1. The average Bonchev–Trinajstić information content (AvgIpc) is 3.31. The van der Waals surface area contributed by atoms with Gasteiger partial charge in [0, 0.05) is 30.4 Å². The standard InChI is InChI=1S/C26H25ClN6O4/c1-16-12-21-22(30-32(29-21)18-7-9-25(37-2)19(27)14-18)15-20(16)28-26(34)17-6-8-23(24(13-17)33(35)36)31-10-4-3-5-11-31/h6-9,12-15H,3-5,10-11H2,1-2H3,(H,28,34). The fraction of sp³-hybridized carbons (Fsp3) is 0.269. The van der Waals surface area contributed by atoms with Crippen LogP contribution in [0.15, 0.2) is 48.5 Å². The van der Waals surface area contributed by atoms with Gasteiger partial charge in [0.15, 0.2) is 0 Å². The number of piperidine rings is 1. The number of carbonyl (C=O) groups is 1. The number of methoxy groups -OCH3 is 1. The molecule has 4 aromatic rings. The minimum absolute atomic E-state index is 0.0668. The number of fused-ring (bicyclic) bond motifs is 1. The maximum Gasteiger partial charge on any atom is 0.293 e. The van der Waals surface area contributed by atoms with Crippen molar-refractivity contribution in [2.24, 2.45) is 0 Å². The lowest BCUT2D eigenvalue weighted by Crippen LogP contribution is -2.30. The van der Waals surface area contributed by atoms with Crippen LogP contribution in [0.5, 0.6) is 5.75 Å². The molecule has 1 saturated heterocycles. The molecule has 0 bridgehead atoms. The van der Waals surface area contributed by atoms with Crippen molar-refractivity contribution in [1.82, 2.24) is 15.0 Å². The Kier molecular flexibility index (Phi) is 6.66. The van der Waals surface area contributed by atoms with Gasteiger partial charge in [0.25, 0.3) is 11.6 Å². The van der Waals surface area contributed by atoms with E-state index in [1.165, 1.54) is 10.9 Å². The van der Waals surface area contributed by atoms with Crippen LogP contribution < -0.4 is 15.0 Å². The molecular formula is C26H25ClN6O4. The van der Waals surface area contributed by atoms with E-state index in [2.05, 4.69) is 15.5 Å². The van der Waals surface area contributed by atoms with Crippen LogP contribution in [0.2, 0.25) is 5.02 Å². The van der Waals surface area contributed by atoms with Gasteiger partial charge in [-0.3, -0.25) is 14.9 Å². The number of benzene rings is 3. The Hall–Kier alpha value is -4.18. The van der Waals surface area contributed by atoms with E-state index < -0.39 is 10.8 Å². The van der Waals surface area contributed by atoms with E-state index in [0.29, 0.717) is 38.9 Å². The number of amides is 1. The van der Waals surface area contributed by atoms with Crippen LogP contribution in [0, 0.1) is 17.0 Å². The Labute approximate surface area is 217 Å². The second kappa shape index (κ2) is 10.1. The maximum atomic E-state index is 13.1. The van der Waals surface area contributed by atoms with Crippen LogP contribution in [0.1, 0.15) is 35.2 Å². The highest BCUT2D eigenvalue weighted by molar-refractivity contribution is 6.32. The molecule has 1 aromatic heterocycles. The zero-order valence-corrected chi connectivity index (χ0v) is 21.2. The molecule has 1 amide bonds. The maximum absolute atomic E-state index is 13.1. The zero-order chi connectivity index (χ0) is 26.1. The summed E-state index contributed by atoms with van der Waals surface area (Å²) in [5.41, 5.74) is 3.88. The van der Waals surface area contributed by atoms with Crippen molar-refractivity contribution in [2.75, 3.05) is 30.4 Å². The Morgan fingerprint density at radius 2 is 1.78 bits per heavy atom. The lowest BCUT2D eigenvalue weighted by molar-refractivity contribution is -0.384. The van der Waals surface area contributed by atoms with Crippen molar-refractivity contribution in [3.8, 4) is 11.4 Å². The molecule has 11 heteroatoms. The number of aryl methyl sites for hydroxylation is 1. The first kappa shape index (κ1) is 24.5. The number of nitro groups is 1. The molecular weight excluding hydrogens is 496 g/mol. The summed E-state index contributed by atoms with van der Waals surface area (Å²) in [6.45, 7) is 3.39. The Morgan fingerprint density at radius 1 is 1.05 bits per heavy atom. The van der Waals surface area contributed by atoms with Gasteiger partial charge in [-0.05, 0) is 74.2 Å². The molecule has 1 aliphatic rings. The molecule has 0 radical (unpaired) electrons. The number of nitro benzene ring substituents is 1. The van der Waals surface area contributed by atoms with Crippen LogP contribution in [-0.4, -0.2) is 46.0 Å². The highest BCUT2D eigenvalue weighted by Crippen LogP contribution is 2.32. The summed E-state index contributed by atoms with van der Waals surface area (Å²) in [5.74, 6) is 0.109. The van der Waals surface area contributed by atoms with E-state index >= 15 is 0 Å². The van der Waals surface area contributed by atoms with Crippen molar-refractivity contribution in [2.45, 2.75) is 26.2 Å². The van der Waals surface area contributed by atoms with Crippen LogP contribution in [-0.2, 0) is 0 Å². The second-order valence-corrected chi connectivity index (χ2v) is 9.33. The lowest BCUT2D eigenvalue weighted by Gasteiger charge is -2.28. The third-order valence-corrected chi connectivity index (χ3v) is 6.77. The van der Waals surface area contributed by atoms with E-state index in [4.69, 9.17) is 16.3 Å². The normalized spacial score (nSPS) is 13.5. The molecule has 0 atom stereocenters. The van der Waals surface area contributed by atoms with Gasteiger partial charge >= 0.3 is 0 Å². The number of ether oxygens (including phenoxy) is 1. The van der Waals surface area contributed by atoms with Gasteiger partial charge in [0.1, 0.15) is 22.5 Å². The molecule has 190 valence electrons. The van der Waals surface area contributed by atoms with Gasteiger partial charge in [-0.1, -0.05) is 11.6 Å². The van der Waals surface area contributed by atoms with Gasteiger partial charge in [-0.25, -0.2) is 0 Å². The molecule has 3 aromatic carbocycles. The topological polar surface area (TPSA) is 115 Å². The van der Waals surface area contributed by atoms with Gasteiger partial charge in [0.05, 0.1) is 22.7 Å². The predicted molar refractivity (Wildman–Crippen MR) is 142 cm³/mol. The molecule has 10 nitrogen and oxygen atoms in total. The molecule has 0 spiro atoms. The minimum Gasteiger partial charge on any atom is -0.495 e. The SMILES string of the molecule is COc1ccc(-n2nc3cc(C)c(NC(=O)c4ccc(N5CCCCC5)c([N+](=O)[O-])c4)cc3n2)cc1Cl. The summed E-state index contributed by atoms with van der Waals surface area (Å²) in [6, 6.07) is 13.4. The van der Waals surface area contributed by atoms with Crippen molar-refractivity contribution in [1.29, 1.82) is 0 Å². The van der Waals surface area contributed by atoms with E-state index in [1.807, 2.05) is 17.9 Å². The Morgan fingerprint density at radius 3 is 2.46 bits per heavy atom. The number of hydrogen-bond donors (Lipinski definition) is 1. The van der Waals surface area contributed by atoms with E-state index in [9.17, 15) is 14.9 Å². The molecule has 1 fully saturated rings. The molecule has 37 heavy (non-hydrogen) atoms. The number of nitrogens with zero attached hydrogens (tertiary/aromatic N) is 5. The monoisotopic (exact) mass is 520 g/mol. The summed E-state index contributed by atoms with van der Waals surface area (Å²) in [4.78, 5) is 27.9. The summed E-state index contributed by atoms with van der Waals surface area (Å²) in [7, 11) is 1.54. The van der Waals surface area contributed by atoms with E-state index in [-0.39, 0.29) is 11.3 Å². The number of nitrogens with one attached hydrogen (secondary N) is 1. The van der Waals surface area contributed by atoms with Gasteiger partial charge in [-0.15, -0.1) is 10.2 Å². The van der Waals surface area contributed by atoms with Gasteiger partial charge in [-0.2, -0.15) is 4.80 Å². The number of aromatic nitrogens is 3. The highest BCUT2D eigenvalue weighted by Gasteiger charge is 2.23. The van der Waals surface area contributed by atoms with Gasteiger partial charge < -0.3 is 15.0 Å². The van der Waals surface area contributed by atoms with E-state index in [1.54, 1.807) is 43.5 Å². The molecule has 0 saturated carbocycles.